The fourth-order valence-electron chi connectivity index (χ4n) is 7.51. The molecule has 2 atom stereocenters. The normalized spacial score (nSPS) is 28.8. The van der Waals surface area contributed by atoms with Gasteiger partial charge in [-0.25, -0.2) is 0 Å². The van der Waals surface area contributed by atoms with E-state index in [0.717, 1.165) is 60.7 Å². The summed E-state index contributed by atoms with van der Waals surface area (Å²) >= 11 is 0. The summed E-state index contributed by atoms with van der Waals surface area (Å²) in [6, 6.07) is 11.8. The Labute approximate surface area is 221 Å². The van der Waals surface area contributed by atoms with E-state index in [0.29, 0.717) is 23.9 Å². The highest BCUT2D eigenvalue weighted by Gasteiger charge is 2.48. The van der Waals surface area contributed by atoms with E-state index in [2.05, 4.69) is 63.5 Å². The molecule has 4 aromatic rings. The average Bonchev–Trinajstić information content (AvgIpc) is 3.52. The van der Waals surface area contributed by atoms with Crippen molar-refractivity contribution < 1.29 is 4.74 Å². The van der Waals surface area contributed by atoms with Crippen LogP contribution >= 0.6 is 0 Å². The molecule has 38 heavy (non-hydrogen) atoms. The molecule has 0 radical (unpaired) electrons. The maximum absolute atomic E-state index is 14.0. The third-order valence-electron chi connectivity index (χ3n) is 9.57. The minimum absolute atomic E-state index is 0.0228. The predicted molar refractivity (Wildman–Crippen MR) is 145 cm³/mol. The predicted octanol–water partition coefficient (Wildman–Crippen LogP) is 4.01. The Balaban J connectivity index is 1.21. The van der Waals surface area contributed by atoms with Gasteiger partial charge in [0.25, 0.3) is 5.56 Å². The van der Waals surface area contributed by atoms with Gasteiger partial charge in [-0.05, 0) is 73.3 Å². The Kier molecular flexibility index (Phi) is 4.86. The van der Waals surface area contributed by atoms with Crippen molar-refractivity contribution in [3.05, 3.63) is 75.9 Å². The Morgan fingerprint density at radius 3 is 2.66 bits per heavy atom. The molecule has 2 aliphatic heterocycles. The molecule has 2 aliphatic carbocycles. The van der Waals surface area contributed by atoms with E-state index in [1.807, 2.05) is 16.2 Å². The number of aromatic amines is 1. The zero-order valence-electron chi connectivity index (χ0n) is 22.1. The van der Waals surface area contributed by atoms with Crippen LogP contribution in [0.25, 0.3) is 16.6 Å². The van der Waals surface area contributed by atoms with Crippen molar-refractivity contribution in [1.29, 1.82) is 0 Å². The van der Waals surface area contributed by atoms with E-state index in [1.165, 1.54) is 30.4 Å². The van der Waals surface area contributed by atoms with Gasteiger partial charge in [0.2, 0.25) is 0 Å². The van der Waals surface area contributed by atoms with Crippen molar-refractivity contribution in [3.8, 4) is 5.69 Å². The van der Waals surface area contributed by atoms with Crippen LogP contribution in [0.1, 0.15) is 67.6 Å². The Hall–Kier alpha value is -3.23. The van der Waals surface area contributed by atoms with Gasteiger partial charge in [0.1, 0.15) is 17.7 Å². The van der Waals surface area contributed by atoms with Crippen molar-refractivity contribution in [2.75, 3.05) is 13.2 Å². The molecule has 2 bridgehead atoms. The number of aryl methyl sites for hydroxylation is 1. The summed E-state index contributed by atoms with van der Waals surface area (Å²) in [7, 11) is 2.02. The van der Waals surface area contributed by atoms with Gasteiger partial charge in [-0.1, -0.05) is 19.1 Å². The third kappa shape index (κ3) is 3.32. The highest BCUT2D eigenvalue weighted by molar-refractivity contribution is 5.84. The number of nitrogens with one attached hydrogen (secondary N) is 1. The number of pyridine rings is 1. The molecule has 5 heterocycles. The monoisotopic (exact) mass is 510 g/mol. The molecule has 4 fully saturated rings. The van der Waals surface area contributed by atoms with Gasteiger partial charge in [-0.15, -0.1) is 10.2 Å². The standard InChI is InChI=1S/C30H34N6O2/c1-18-11-30(12-18,29-33-31-17-34(29)2)20-4-3-5-22(8-20)36-14-26(19-6-7-19)25-9-21(32-27(25)28(36)37)13-35-23-10-24(35)16-38-15-23/h3-5,8-9,14,17-19,23-24,32H,6-7,10-13,15-16H2,1-2H3/t18?,23-,24+,30?. The smallest absolute Gasteiger partial charge is 0.279 e. The number of fused-ring (bicyclic) bond motifs is 3. The molecule has 4 aliphatic rings. The van der Waals surface area contributed by atoms with Crippen LogP contribution in [0, 0.1) is 5.92 Å². The lowest BCUT2D eigenvalue weighted by Gasteiger charge is -2.52. The van der Waals surface area contributed by atoms with E-state index >= 15 is 0 Å². The number of H-pyrrole nitrogens is 1. The molecule has 8 heteroatoms. The highest BCUT2D eigenvalue weighted by atomic mass is 16.5. The number of rotatable bonds is 6. The van der Waals surface area contributed by atoms with Crippen molar-refractivity contribution in [3.63, 3.8) is 0 Å². The minimum atomic E-state index is -0.160. The highest BCUT2D eigenvalue weighted by Crippen LogP contribution is 2.51. The summed E-state index contributed by atoms with van der Waals surface area (Å²) in [6.07, 6.45) is 9.58. The molecule has 8 rings (SSSR count). The van der Waals surface area contributed by atoms with Crippen LogP contribution in [-0.2, 0) is 23.7 Å². The average molecular weight is 511 g/mol. The second-order valence-corrected chi connectivity index (χ2v) is 12.3. The largest absolute Gasteiger partial charge is 0.378 e. The minimum Gasteiger partial charge on any atom is -0.378 e. The number of nitrogens with zero attached hydrogens (tertiary/aromatic N) is 5. The van der Waals surface area contributed by atoms with E-state index in [4.69, 9.17) is 4.74 Å². The Morgan fingerprint density at radius 2 is 1.97 bits per heavy atom. The van der Waals surface area contributed by atoms with Gasteiger partial charge in [0.05, 0.1) is 18.6 Å². The van der Waals surface area contributed by atoms with Crippen LogP contribution in [0.3, 0.4) is 0 Å². The summed E-state index contributed by atoms with van der Waals surface area (Å²) in [5, 5.41) is 9.80. The van der Waals surface area contributed by atoms with Crippen molar-refractivity contribution in [1.82, 2.24) is 29.2 Å². The topological polar surface area (TPSA) is 81.0 Å². The molecule has 3 aromatic heterocycles. The maximum Gasteiger partial charge on any atom is 0.279 e. The first kappa shape index (κ1) is 22.7. The second-order valence-electron chi connectivity index (χ2n) is 12.3. The third-order valence-corrected chi connectivity index (χ3v) is 9.57. The number of ether oxygens (including phenoxy) is 1. The van der Waals surface area contributed by atoms with E-state index in [1.54, 1.807) is 6.33 Å². The molecule has 0 unspecified atom stereocenters. The van der Waals surface area contributed by atoms with Gasteiger partial charge < -0.3 is 14.3 Å². The maximum atomic E-state index is 14.0. The fraction of sp³-hybridized carbons (Fsp3) is 0.500. The summed E-state index contributed by atoms with van der Waals surface area (Å²) in [5.74, 6) is 2.17. The molecule has 8 nitrogen and oxygen atoms in total. The summed E-state index contributed by atoms with van der Waals surface area (Å²) in [5.41, 5.74) is 5.15. The van der Waals surface area contributed by atoms with Crippen LogP contribution in [0.5, 0.6) is 0 Å². The van der Waals surface area contributed by atoms with Crippen molar-refractivity contribution in [2.24, 2.45) is 13.0 Å². The molecule has 196 valence electrons. The summed E-state index contributed by atoms with van der Waals surface area (Å²) in [4.78, 5) is 20.0. The first-order valence-electron chi connectivity index (χ1n) is 14.1. The number of hydrogen-bond donors (Lipinski definition) is 1. The van der Waals surface area contributed by atoms with Crippen LogP contribution in [0.4, 0.5) is 0 Å². The first-order chi connectivity index (χ1) is 18.5. The number of aromatic nitrogens is 5. The molecular weight excluding hydrogens is 476 g/mol. The Morgan fingerprint density at radius 1 is 1.16 bits per heavy atom. The van der Waals surface area contributed by atoms with Gasteiger partial charge in [-0.3, -0.25) is 14.3 Å². The van der Waals surface area contributed by atoms with Gasteiger partial charge in [0, 0.05) is 48.6 Å². The molecule has 2 saturated carbocycles. The molecule has 1 aromatic carbocycles. The SMILES string of the molecule is CC1CC(c2cccc(-n3cc(C4CC4)c4cc(CN5[C@@H]6COC[C@H]5C6)[nH]c4c3=O)c2)(c2nncn2C)C1. The zero-order valence-corrected chi connectivity index (χ0v) is 22.1. The van der Waals surface area contributed by atoms with Crippen LogP contribution in [0.15, 0.2) is 47.7 Å². The van der Waals surface area contributed by atoms with Gasteiger partial charge in [-0.2, -0.15) is 0 Å². The first-order valence-corrected chi connectivity index (χ1v) is 14.1. The molecule has 1 N–H and O–H groups in total. The van der Waals surface area contributed by atoms with Crippen LogP contribution in [-0.4, -0.2) is 54.5 Å². The summed E-state index contributed by atoms with van der Waals surface area (Å²) in [6.45, 7) is 4.79. The lowest BCUT2D eigenvalue weighted by molar-refractivity contribution is -0.132. The Bertz CT molecular complexity index is 1590. The summed E-state index contributed by atoms with van der Waals surface area (Å²) < 4.78 is 9.58. The molecule has 0 amide bonds. The lowest BCUT2D eigenvalue weighted by Crippen LogP contribution is -2.62. The van der Waals surface area contributed by atoms with Crippen molar-refractivity contribution >= 4 is 10.9 Å². The molecule has 0 spiro atoms. The number of benzene rings is 1. The molecular formula is C30H34N6O2. The number of hydrogen-bond acceptors (Lipinski definition) is 5. The van der Waals surface area contributed by atoms with Crippen molar-refractivity contribution in [2.45, 2.75) is 69.0 Å². The van der Waals surface area contributed by atoms with Gasteiger partial charge in [0.15, 0.2) is 0 Å². The van der Waals surface area contributed by atoms with Crippen LogP contribution < -0.4 is 5.56 Å². The van der Waals surface area contributed by atoms with Crippen LogP contribution in [0.2, 0.25) is 0 Å². The van der Waals surface area contributed by atoms with Gasteiger partial charge >= 0.3 is 0 Å². The van der Waals surface area contributed by atoms with E-state index in [-0.39, 0.29) is 11.0 Å². The fourth-order valence-corrected chi connectivity index (χ4v) is 7.51. The number of morpholine rings is 1. The van der Waals surface area contributed by atoms with E-state index < -0.39 is 0 Å². The quantitative estimate of drug-likeness (QED) is 0.424. The zero-order chi connectivity index (χ0) is 25.6. The lowest BCUT2D eigenvalue weighted by atomic mass is 9.58. The second kappa shape index (κ2) is 8.13. The molecule has 2 saturated heterocycles. The van der Waals surface area contributed by atoms with E-state index in [9.17, 15) is 4.79 Å².